The predicted octanol–water partition coefficient (Wildman–Crippen LogP) is -1.21. The van der Waals surface area contributed by atoms with E-state index in [1.807, 2.05) is 24.3 Å². The molecule has 0 atom stereocenters. The predicted molar refractivity (Wildman–Crippen MR) is 177 cm³/mol. The van der Waals surface area contributed by atoms with E-state index in [4.69, 9.17) is 10.4 Å². The molecule has 262 valence electrons. The van der Waals surface area contributed by atoms with Crippen molar-refractivity contribution in [2.45, 2.75) is 4.90 Å². The molecule has 0 saturated heterocycles. The fourth-order valence-electron chi connectivity index (χ4n) is 4.19. The van der Waals surface area contributed by atoms with Gasteiger partial charge in [-0.1, -0.05) is 60.3 Å². The number of rotatable bonds is 2. The van der Waals surface area contributed by atoms with Gasteiger partial charge in [-0.15, -0.1) is 0 Å². The molecule has 13 N–H and O–H groups in total. The van der Waals surface area contributed by atoms with Crippen LogP contribution in [0.3, 0.4) is 0 Å². The number of benzene rings is 3. The van der Waals surface area contributed by atoms with Crippen molar-refractivity contribution >= 4 is 59.7 Å². The number of carbonyl (C=O) groups is 1. The third kappa shape index (κ3) is 11.8. The first-order valence-electron chi connectivity index (χ1n) is 12.6. The van der Waals surface area contributed by atoms with E-state index in [1.165, 1.54) is 0 Å². The van der Waals surface area contributed by atoms with Gasteiger partial charge in [-0.05, 0) is 36.4 Å². The van der Waals surface area contributed by atoms with Gasteiger partial charge in [0.15, 0.2) is 0 Å². The van der Waals surface area contributed by atoms with Crippen LogP contribution in [0.25, 0.3) is 43.6 Å². The quantitative estimate of drug-likeness (QED) is 0.0543. The maximum atomic E-state index is 10.9. The van der Waals surface area contributed by atoms with Crippen molar-refractivity contribution in [3.8, 4) is 5.75 Å². The Balaban J connectivity index is -0.000000610. The number of carboxylic acids is 1. The van der Waals surface area contributed by atoms with Crippen molar-refractivity contribution < 1.29 is 85.4 Å². The van der Waals surface area contributed by atoms with E-state index < -0.39 is 32.3 Å². The van der Waals surface area contributed by atoms with Crippen LogP contribution in [0.4, 0.5) is 0 Å². The van der Waals surface area contributed by atoms with E-state index in [2.05, 4.69) is 73.7 Å². The first-order chi connectivity index (χ1) is 21.2. The van der Waals surface area contributed by atoms with Crippen LogP contribution >= 0.6 is 0 Å². The van der Waals surface area contributed by atoms with E-state index >= 15 is 0 Å². The van der Waals surface area contributed by atoms with Gasteiger partial charge in [-0.25, -0.2) is 13.2 Å². The number of hydrogen-bond donors (Lipinski definition) is 1. The summed E-state index contributed by atoms with van der Waals surface area (Å²) in [5, 5.41) is 35.9. The molecule has 7 aromatic rings. The molecule has 3 aromatic carbocycles. The van der Waals surface area contributed by atoms with Gasteiger partial charge in [0.2, 0.25) is 0 Å². The first kappa shape index (κ1) is 49.2. The molecule has 0 aliphatic carbocycles. The third-order valence-electron chi connectivity index (χ3n) is 6.16. The third-order valence-corrected chi connectivity index (χ3v) is 6.99. The zero-order valence-electron chi connectivity index (χ0n) is 25.8. The van der Waals surface area contributed by atoms with Crippen LogP contribution in [0, 0.1) is 0 Å². The van der Waals surface area contributed by atoms with Gasteiger partial charge in [-0.3, -0.25) is 19.9 Å². The first-order valence-corrected chi connectivity index (χ1v) is 14.0. The van der Waals surface area contributed by atoms with E-state index in [0.29, 0.717) is 6.07 Å². The molecular formula is C31H32N4O13SZn. The Hall–Kier alpha value is -5.18. The van der Waals surface area contributed by atoms with E-state index in [0.717, 1.165) is 55.7 Å². The second kappa shape index (κ2) is 22.5. The number of fused-ring (bicyclic) bond motifs is 6. The fourth-order valence-corrected chi connectivity index (χ4v) is 4.69. The standard InChI is InChI=1S/2C12H8N2.C7H6O6S.H2O2.5H2O.Zn/c2*1-3-9-5-6-10-4-2-8-14-12(10)11(9)13-7-1;8-6-2-1-4(14(11,12)13)3-5(6)7(9)10;1-2;;;;;;/h2*1-8H;1-3,8H,(H,9,10)(H,11,12,13);1H2;5*1H2;/q;;;;;;;;;+2/p-2. The summed E-state index contributed by atoms with van der Waals surface area (Å²) in [7, 11) is -4.73. The maximum absolute atomic E-state index is 10.9. The SMILES string of the molecule is O.O.O.O.O.O=C(O)c1cc(S(=O)(=O)[O-])ccc1[O-].[O-][OH2+].[Zn+2].c1cnc2c(c1)ccc1cccnc12.c1cnc2c(c1)ccc1cccnc12. The Labute approximate surface area is 296 Å². The van der Waals surface area contributed by atoms with Crippen LogP contribution in [0.5, 0.6) is 5.75 Å². The molecule has 0 fully saturated rings. The van der Waals surface area contributed by atoms with Crippen LogP contribution in [-0.4, -0.2) is 76.6 Å². The van der Waals surface area contributed by atoms with Crippen molar-refractivity contribution in [2.75, 3.05) is 0 Å². The Morgan fingerprint density at radius 3 is 1.14 bits per heavy atom. The molecule has 50 heavy (non-hydrogen) atoms. The minimum Gasteiger partial charge on any atom is -0.872 e. The van der Waals surface area contributed by atoms with Gasteiger partial charge in [0.1, 0.15) is 10.1 Å². The molecule has 17 nitrogen and oxygen atoms in total. The zero-order valence-corrected chi connectivity index (χ0v) is 29.6. The Kier molecular flexibility index (Phi) is 22.1. The van der Waals surface area contributed by atoms with Crippen LogP contribution in [0.1, 0.15) is 10.4 Å². The molecule has 0 unspecified atom stereocenters. The van der Waals surface area contributed by atoms with Crippen molar-refractivity contribution in [3.63, 3.8) is 0 Å². The Morgan fingerprint density at radius 2 is 0.880 bits per heavy atom. The summed E-state index contributed by atoms with van der Waals surface area (Å²) < 4.78 is 31.4. The number of aromatic carboxylic acids is 1. The second-order valence-electron chi connectivity index (χ2n) is 8.85. The Morgan fingerprint density at radius 1 is 0.580 bits per heavy atom. The average Bonchev–Trinajstić information content (AvgIpc) is 3.06. The number of carboxylic acid groups (broad SMARTS) is 1. The van der Waals surface area contributed by atoms with Gasteiger partial charge >= 0.3 is 25.4 Å². The molecule has 19 heteroatoms. The van der Waals surface area contributed by atoms with Crippen molar-refractivity contribution in [2.24, 2.45) is 0 Å². The smallest absolute Gasteiger partial charge is 0.872 e. The van der Waals surface area contributed by atoms with Crippen molar-refractivity contribution in [3.05, 3.63) is 121 Å². The molecule has 0 aliphatic heterocycles. The minimum atomic E-state index is -4.73. The molecule has 7 rings (SSSR count). The summed E-state index contributed by atoms with van der Waals surface area (Å²) in [5.74, 6) is -2.41. The van der Waals surface area contributed by atoms with Gasteiger partial charge in [0.05, 0.1) is 32.5 Å². The maximum Gasteiger partial charge on any atom is 2.00 e. The molecular weight excluding hydrogens is 734 g/mol. The fraction of sp³-hybridized carbons (Fsp3) is 0. The number of pyridine rings is 4. The van der Waals surface area contributed by atoms with Crippen molar-refractivity contribution in [1.82, 2.24) is 19.9 Å². The number of nitrogens with zero attached hydrogens (tertiary/aromatic N) is 4. The minimum absolute atomic E-state index is 0. The topological polar surface area (TPSA) is 373 Å². The molecule has 4 aromatic heterocycles. The molecule has 4 heterocycles. The van der Waals surface area contributed by atoms with E-state index in [9.17, 15) is 22.9 Å². The summed E-state index contributed by atoms with van der Waals surface area (Å²) in [4.78, 5) is 27.1. The molecule has 0 bridgehead atoms. The summed E-state index contributed by atoms with van der Waals surface area (Å²) in [6.45, 7) is 0. The van der Waals surface area contributed by atoms with Gasteiger partial charge in [-0.2, -0.15) is 0 Å². The van der Waals surface area contributed by atoms with Crippen LogP contribution in [-0.2, 0) is 29.6 Å². The largest absolute Gasteiger partial charge is 2.00 e. The zero-order chi connectivity index (χ0) is 31.7. The van der Waals surface area contributed by atoms with E-state index in [1.54, 1.807) is 24.8 Å². The normalized spacial score (nSPS) is 9.34. The molecule has 0 saturated carbocycles. The number of aromatic nitrogens is 4. The van der Waals surface area contributed by atoms with Gasteiger partial charge in [0, 0.05) is 46.3 Å². The van der Waals surface area contributed by atoms with Crippen LogP contribution in [0.2, 0.25) is 0 Å². The summed E-state index contributed by atoms with van der Waals surface area (Å²) in [6.07, 6.45) is 7.21. The summed E-state index contributed by atoms with van der Waals surface area (Å²) in [6, 6.07) is 26.3. The Bertz CT molecular complexity index is 1990. The van der Waals surface area contributed by atoms with Crippen LogP contribution in [0.15, 0.2) is 121 Å². The summed E-state index contributed by atoms with van der Waals surface area (Å²) >= 11 is 0. The molecule has 0 aliphatic rings. The average molecular weight is 766 g/mol. The van der Waals surface area contributed by atoms with Gasteiger partial charge < -0.3 is 52.7 Å². The molecule has 0 radical (unpaired) electrons. The van der Waals surface area contributed by atoms with Crippen LogP contribution < -0.4 is 10.4 Å². The second-order valence-corrected chi connectivity index (χ2v) is 10.2. The van der Waals surface area contributed by atoms with Gasteiger partial charge in [0.25, 0.3) is 0 Å². The molecule has 0 amide bonds. The molecule has 0 spiro atoms. The van der Waals surface area contributed by atoms with E-state index in [-0.39, 0.29) is 46.9 Å². The monoisotopic (exact) mass is 764 g/mol. The van der Waals surface area contributed by atoms with Crippen molar-refractivity contribution in [1.29, 1.82) is 0 Å². The number of hydrogen-bond acceptors (Lipinski definition) is 10. The summed E-state index contributed by atoms with van der Waals surface area (Å²) in [5.41, 5.74) is 3.18.